The van der Waals surface area contributed by atoms with Gasteiger partial charge in [-0.3, -0.25) is 0 Å². The molecule has 0 aliphatic carbocycles. The Hall–Kier alpha value is -0.300. The van der Waals surface area contributed by atoms with E-state index in [0.29, 0.717) is 12.5 Å². The summed E-state index contributed by atoms with van der Waals surface area (Å²) in [4.78, 5) is 0. The van der Waals surface area contributed by atoms with Gasteiger partial charge in [-0.2, -0.15) is 0 Å². The maximum Gasteiger partial charge on any atom is 0.0436 e. The molecule has 0 aliphatic heterocycles. The number of unbranched alkanes of at least 4 members (excludes halogenated alkanes) is 1. The second-order valence-electron chi connectivity index (χ2n) is 3.61. The van der Waals surface area contributed by atoms with Gasteiger partial charge in [-0.25, -0.2) is 0 Å². The van der Waals surface area contributed by atoms with Crippen LogP contribution in [0, 0.1) is 5.92 Å². The fraction of sp³-hybridized carbons (Fsp3) is 0.818. The zero-order valence-corrected chi connectivity index (χ0v) is 8.64. The largest absolute Gasteiger partial charge is 0.396 e. The van der Waals surface area contributed by atoms with Crippen molar-refractivity contribution in [3.05, 3.63) is 11.6 Å². The Balaban J connectivity index is 3.64. The molecule has 0 spiro atoms. The van der Waals surface area contributed by atoms with E-state index in [4.69, 9.17) is 5.11 Å². The second kappa shape index (κ2) is 7.35. The van der Waals surface area contributed by atoms with E-state index in [1.165, 1.54) is 24.8 Å². The minimum absolute atomic E-state index is 0.304. The molecular weight excluding hydrogens is 148 g/mol. The molecule has 0 fully saturated rings. The highest BCUT2D eigenvalue weighted by atomic mass is 16.2. The van der Waals surface area contributed by atoms with Gasteiger partial charge in [-0.1, -0.05) is 31.9 Å². The van der Waals surface area contributed by atoms with Gasteiger partial charge in [0.25, 0.3) is 0 Å². The van der Waals surface area contributed by atoms with Crippen molar-refractivity contribution >= 4 is 0 Å². The maximum absolute atomic E-state index is 8.70. The zero-order valence-electron chi connectivity index (χ0n) is 8.64. The second-order valence-corrected chi connectivity index (χ2v) is 3.61. The van der Waals surface area contributed by atoms with Crippen LogP contribution in [0.2, 0.25) is 0 Å². The average Bonchev–Trinajstić information content (AvgIpc) is 2.01. The molecule has 1 unspecified atom stereocenters. The molecule has 0 heterocycles. The Morgan fingerprint density at radius 2 is 2.17 bits per heavy atom. The monoisotopic (exact) mass is 170 g/mol. The summed E-state index contributed by atoms with van der Waals surface area (Å²) < 4.78 is 0. The van der Waals surface area contributed by atoms with E-state index in [2.05, 4.69) is 26.8 Å². The quantitative estimate of drug-likeness (QED) is 0.607. The van der Waals surface area contributed by atoms with Crippen LogP contribution in [0.15, 0.2) is 11.6 Å². The molecule has 0 rings (SSSR count). The maximum atomic E-state index is 8.70. The Labute approximate surface area is 76.5 Å². The first-order chi connectivity index (χ1) is 5.70. The molecule has 0 amide bonds. The van der Waals surface area contributed by atoms with Crippen molar-refractivity contribution in [1.29, 1.82) is 0 Å². The number of hydrogen-bond acceptors (Lipinski definition) is 1. The fourth-order valence-corrected chi connectivity index (χ4v) is 1.31. The van der Waals surface area contributed by atoms with Gasteiger partial charge in [-0.15, -0.1) is 0 Å². The summed E-state index contributed by atoms with van der Waals surface area (Å²) in [7, 11) is 0. The standard InChI is InChI=1S/C11H22O/c1-4-5-6-10(2)9-11(3)7-8-12/h9,11-12H,4-8H2,1-3H3/b10-9+. The average molecular weight is 170 g/mol. The van der Waals surface area contributed by atoms with E-state index in [0.717, 1.165) is 6.42 Å². The first-order valence-electron chi connectivity index (χ1n) is 4.98. The van der Waals surface area contributed by atoms with Crippen LogP contribution in [0.5, 0.6) is 0 Å². The predicted molar refractivity (Wildman–Crippen MR) is 54.1 cm³/mol. The molecule has 12 heavy (non-hydrogen) atoms. The van der Waals surface area contributed by atoms with Crippen molar-refractivity contribution in [1.82, 2.24) is 0 Å². The molecule has 0 aliphatic rings. The van der Waals surface area contributed by atoms with E-state index in [1.807, 2.05) is 0 Å². The molecule has 0 saturated carbocycles. The Morgan fingerprint density at radius 3 is 2.67 bits per heavy atom. The Bertz CT molecular complexity index is 127. The predicted octanol–water partition coefficient (Wildman–Crippen LogP) is 3.14. The molecule has 0 saturated heterocycles. The molecule has 1 N–H and O–H groups in total. The highest BCUT2D eigenvalue weighted by Crippen LogP contribution is 2.11. The minimum Gasteiger partial charge on any atom is -0.396 e. The summed E-state index contributed by atoms with van der Waals surface area (Å²) >= 11 is 0. The topological polar surface area (TPSA) is 20.2 Å². The van der Waals surface area contributed by atoms with Crippen molar-refractivity contribution < 1.29 is 5.11 Å². The molecular formula is C11H22O. The van der Waals surface area contributed by atoms with Gasteiger partial charge in [0, 0.05) is 6.61 Å². The van der Waals surface area contributed by atoms with E-state index in [1.54, 1.807) is 0 Å². The lowest BCUT2D eigenvalue weighted by atomic mass is 10.0. The van der Waals surface area contributed by atoms with Gasteiger partial charge >= 0.3 is 0 Å². The van der Waals surface area contributed by atoms with Crippen LogP contribution in [0.1, 0.15) is 46.5 Å². The van der Waals surface area contributed by atoms with Crippen LogP contribution < -0.4 is 0 Å². The first kappa shape index (κ1) is 11.7. The Morgan fingerprint density at radius 1 is 1.50 bits per heavy atom. The molecule has 1 nitrogen and oxygen atoms in total. The Kier molecular flexibility index (Phi) is 7.17. The normalized spacial score (nSPS) is 14.8. The SMILES string of the molecule is CCCC/C(C)=C/C(C)CCO. The van der Waals surface area contributed by atoms with Gasteiger partial charge < -0.3 is 5.11 Å². The highest BCUT2D eigenvalue weighted by molar-refractivity contribution is 4.99. The third kappa shape index (κ3) is 6.41. The van der Waals surface area contributed by atoms with Gasteiger partial charge in [0.05, 0.1) is 0 Å². The van der Waals surface area contributed by atoms with E-state index in [9.17, 15) is 0 Å². The summed E-state index contributed by atoms with van der Waals surface area (Å²) in [6.45, 7) is 6.86. The van der Waals surface area contributed by atoms with Gasteiger partial charge in [0.15, 0.2) is 0 Å². The van der Waals surface area contributed by atoms with Gasteiger partial charge in [0.1, 0.15) is 0 Å². The highest BCUT2D eigenvalue weighted by Gasteiger charge is 1.97. The summed E-state index contributed by atoms with van der Waals surface area (Å²) in [6.07, 6.45) is 6.94. The molecule has 1 atom stereocenters. The lowest BCUT2D eigenvalue weighted by Gasteiger charge is -2.05. The van der Waals surface area contributed by atoms with Crippen LogP contribution >= 0.6 is 0 Å². The number of aliphatic hydroxyl groups is 1. The van der Waals surface area contributed by atoms with Crippen molar-refractivity contribution in [3.8, 4) is 0 Å². The van der Waals surface area contributed by atoms with Crippen molar-refractivity contribution in [2.24, 2.45) is 5.92 Å². The number of allylic oxidation sites excluding steroid dienone is 2. The molecule has 72 valence electrons. The fourth-order valence-electron chi connectivity index (χ4n) is 1.31. The van der Waals surface area contributed by atoms with Crippen LogP contribution in [0.25, 0.3) is 0 Å². The van der Waals surface area contributed by atoms with E-state index < -0.39 is 0 Å². The third-order valence-corrected chi connectivity index (χ3v) is 2.08. The molecule has 1 heteroatoms. The summed E-state index contributed by atoms with van der Waals surface area (Å²) in [5, 5.41) is 8.70. The van der Waals surface area contributed by atoms with Crippen molar-refractivity contribution in [3.63, 3.8) is 0 Å². The van der Waals surface area contributed by atoms with Crippen molar-refractivity contribution in [2.75, 3.05) is 6.61 Å². The number of aliphatic hydroxyl groups excluding tert-OH is 1. The van der Waals surface area contributed by atoms with E-state index >= 15 is 0 Å². The van der Waals surface area contributed by atoms with Crippen LogP contribution in [0.4, 0.5) is 0 Å². The third-order valence-electron chi connectivity index (χ3n) is 2.08. The lowest BCUT2D eigenvalue weighted by molar-refractivity contribution is 0.274. The first-order valence-corrected chi connectivity index (χ1v) is 4.98. The summed E-state index contributed by atoms with van der Waals surface area (Å²) in [5.41, 5.74) is 1.47. The molecule has 0 aromatic rings. The number of rotatable bonds is 6. The molecule has 0 radical (unpaired) electrons. The molecule has 0 aromatic heterocycles. The van der Waals surface area contributed by atoms with E-state index in [-0.39, 0.29) is 0 Å². The van der Waals surface area contributed by atoms with Gasteiger partial charge in [0.2, 0.25) is 0 Å². The molecule has 0 aromatic carbocycles. The number of hydrogen-bond donors (Lipinski definition) is 1. The summed E-state index contributed by atoms with van der Waals surface area (Å²) in [5.74, 6) is 0.534. The summed E-state index contributed by atoms with van der Waals surface area (Å²) in [6, 6.07) is 0. The zero-order chi connectivity index (χ0) is 9.40. The minimum atomic E-state index is 0.304. The lowest BCUT2D eigenvalue weighted by Crippen LogP contribution is -1.95. The smallest absolute Gasteiger partial charge is 0.0436 e. The molecule has 0 bridgehead atoms. The van der Waals surface area contributed by atoms with Crippen LogP contribution in [-0.2, 0) is 0 Å². The van der Waals surface area contributed by atoms with Crippen LogP contribution in [0.3, 0.4) is 0 Å². The van der Waals surface area contributed by atoms with Crippen LogP contribution in [-0.4, -0.2) is 11.7 Å². The van der Waals surface area contributed by atoms with Gasteiger partial charge in [-0.05, 0) is 32.1 Å². The van der Waals surface area contributed by atoms with Crippen molar-refractivity contribution in [2.45, 2.75) is 46.5 Å².